The summed E-state index contributed by atoms with van der Waals surface area (Å²) < 4.78 is 38.7. The van der Waals surface area contributed by atoms with Gasteiger partial charge in [0.25, 0.3) is 11.1 Å². The van der Waals surface area contributed by atoms with Crippen molar-refractivity contribution in [2.24, 2.45) is 0 Å². The molecule has 0 aliphatic carbocycles. The summed E-state index contributed by atoms with van der Waals surface area (Å²) in [6, 6.07) is 8.38. The molecule has 5 nitrogen and oxygen atoms in total. The monoisotopic (exact) mass is 437 g/mol. The van der Waals surface area contributed by atoms with Gasteiger partial charge in [0, 0.05) is 16.8 Å². The molecule has 0 unspecified atom stereocenters. The predicted molar refractivity (Wildman–Crippen MR) is 104 cm³/mol. The molecule has 1 aromatic heterocycles. The van der Waals surface area contributed by atoms with Gasteiger partial charge in [0.05, 0.1) is 22.2 Å². The third-order valence-corrected chi connectivity index (χ3v) is 5.70. The van der Waals surface area contributed by atoms with Crippen LogP contribution >= 0.6 is 23.4 Å². The highest BCUT2D eigenvalue weighted by Crippen LogP contribution is 2.37. The third kappa shape index (κ3) is 3.88. The third-order valence-electron chi connectivity index (χ3n) is 4.43. The van der Waals surface area contributed by atoms with E-state index >= 15 is 0 Å². The Labute approximate surface area is 171 Å². The second-order valence-corrected chi connectivity index (χ2v) is 7.69. The topological polar surface area (TPSA) is 74.8 Å². The first-order chi connectivity index (χ1) is 13.7. The lowest BCUT2D eigenvalue weighted by molar-refractivity contribution is -0.137. The van der Waals surface area contributed by atoms with Gasteiger partial charge in [0.1, 0.15) is 0 Å². The van der Waals surface area contributed by atoms with Gasteiger partial charge in [-0.2, -0.15) is 18.3 Å². The number of benzene rings is 2. The number of H-pyrrole nitrogens is 1. The van der Waals surface area contributed by atoms with Gasteiger partial charge < -0.3 is 0 Å². The van der Waals surface area contributed by atoms with E-state index in [0.717, 1.165) is 34.8 Å². The van der Waals surface area contributed by atoms with Gasteiger partial charge in [-0.1, -0.05) is 23.7 Å². The quantitative estimate of drug-likeness (QED) is 0.554. The summed E-state index contributed by atoms with van der Waals surface area (Å²) in [5.74, 6) is -0.551. The number of fused-ring (bicyclic) bond motifs is 1. The molecule has 0 bridgehead atoms. The van der Waals surface area contributed by atoms with E-state index in [1.165, 1.54) is 6.07 Å². The maximum Gasteiger partial charge on any atom is 0.416 e. The summed E-state index contributed by atoms with van der Waals surface area (Å²) in [6.45, 7) is 0. The maximum absolute atomic E-state index is 12.9. The van der Waals surface area contributed by atoms with Crippen molar-refractivity contribution in [3.8, 4) is 0 Å². The van der Waals surface area contributed by atoms with Crippen molar-refractivity contribution in [1.29, 1.82) is 0 Å². The minimum Gasteiger partial charge on any atom is -0.282 e. The number of aromatic amines is 1. The molecular formula is C19H11ClF3N3O2S. The van der Waals surface area contributed by atoms with Gasteiger partial charge in [0.15, 0.2) is 0 Å². The Morgan fingerprint density at radius 2 is 1.93 bits per heavy atom. The van der Waals surface area contributed by atoms with Crippen LogP contribution in [0.15, 0.2) is 47.5 Å². The molecule has 0 atom stereocenters. The molecule has 10 heteroatoms. The highest BCUT2D eigenvalue weighted by molar-refractivity contribution is 8.18. The van der Waals surface area contributed by atoms with Crippen LogP contribution in [0.3, 0.4) is 0 Å². The van der Waals surface area contributed by atoms with E-state index in [-0.39, 0.29) is 16.3 Å². The first-order valence-electron chi connectivity index (χ1n) is 8.28. The molecule has 3 aromatic rings. The van der Waals surface area contributed by atoms with Crippen LogP contribution in [-0.2, 0) is 17.4 Å². The number of nitrogens with one attached hydrogen (secondary N) is 2. The number of imide groups is 1. The predicted octanol–water partition coefficient (Wildman–Crippen LogP) is 5.17. The zero-order valence-electron chi connectivity index (χ0n) is 14.4. The van der Waals surface area contributed by atoms with Gasteiger partial charge in [-0.05, 0) is 52.7 Å². The number of alkyl halides is 3. The SMILES string of the molecule is O=C1NC(=O)/C(=C(\Cc2ccc(C(F)(F)F)cc2Cl)c2ccc3[nH]ncc3c2)S1. The Morgan fingerprint density at radius 1 is 1.14 bits per heavy atom. The van der Waals surface area contributed by atoms with Crippen LogP contribution in [0.5, 0.6) is 0 Å². The zero-order chi connectivity index (χ0) is 20.8. The van der Waals surface area contributed by atoms with Crippen LogP contribution in [0.25, 0.3) is 16.5 Å². The smallest absolute Gasteiger partial charge is 0.282 e. The number of halogens is 4. The molecule has 1 aliphatic rings. The highest BCUT2D eigenvalue weighted by atomic mass is 35.5. The van der Waals surface area contributed by atoms with Crippen LogP contribution in [-0.4, -0.2) is 21.3 Å². The molecular weight excluding hydrogens is 427 g/mol. The standard InChI is InChI=1S/C19H11ClF3N3O2S/c20-14-7-12(19(21,22)23)3-1-10(14)6-13(16-17(27)25-18(28)29-16)9-2-4-15-11(5-9)8-24-26-15/h1-5,7-8H,6H2,(H,24,26)(H,25,27,28)/b16-13-. The summed E-state index contributed by atoms with van der Waals surface area (Å²) in [4.78, 5) is 24.1. The second-order valence-electron chi connectivity index (χ2n) is 6.30. The minimum absolute atomic E-state index is 0.0722. The van der Waals surface area contributed by atoms with E-state index in [2.05, 4.69) is 15.5 Å². The molecule has 2 N–H and O–H groups in total. The van der Waals surface area contributed by atoms with E-state index < -0.39 is 22.9 Å². The summed E-state index contributed by atoms with van der Waals surface area (Å²) in [5, 5.41) is 9.18. The Bertz CT molecular complexity index is 1190. The second kappa shape index (κ2) is 7.23. The van der Waals surface area contributed by atoms with Gasteiger partial charge in [-0.15, -0.1) is 0 Å². The average Bonchev–Trinajstić information content (AvgIpc) is 3.25. The lowest BCUT2D eigenvalue weighted by atomic mass is 9.96. The van der Waals surface area contributed by atoms with Crippen LogP contribution in [0, 0.1) is 0 Å². The van der Waals surface area contributed by atoms with Crippen LogP contribution in [0.4, 0.5) is 18.0 Å². The van der Waals surface area contributed by atoms with Crippen LogP contribution < -0.4 is 5.32 Å². The summed E-state index contributed by atoms with van der Waals surface area (Å²) in [5.41, 5.74) is 1.46. The van der Waals surface area contributed by atoms with E-state index in [1.54, 1.807) is 24.4 Å². The number of allylic oxidation sites excluding steroid dienone is 1. The average molecular weight is 438 g/mol. The number of carbonyl (C=O) groups excluding carboxylic acids is 2. The fourth-order valence-electron chi connectivity index (χ4n) is 3.01. The van der Waals surface area contributed by atoms with Gasteiger partial charge in [-0.25, -0.2) is 0 Å². The first kappa shape index (κ1) is 19.5. The number of hydrogen-bond acceptors (Lipinski definition) is 4. The molecule has 4 rings (SSSR count). The van der Waals surface area contributed by atoms with Crippen molar-refractivity contribution in [2.45, 2.75) is 12.6 Å². The normalized spacial score (nSPS) is 16.4. The fraction of sp³-hybridized carbons (Fsp3) is 0.105. The molecule has 2 aromatic carbocycles. The number of thioether (sulfide) groups is 1. The van der Waals surface area contributed by atoms with Crippen LogP contribution in [0.1, 0.15) is 16.7 Å². The highest BCUT2D eigenvalue weighted by Gasteiger charge is 2.32. The van der Waals surface area contributed by atoms with E-state index in [9.17, 15) is 22.8 Å². The Balaban J connectivity index is 1.81. The van der Waals surface area contributed by atoms with Crippen molar-refractivity contribution in [3.05, 3.63) is 69.2 Å². The van der Waals surface area contributed by atoms with Crippen LogP contribution in [0.2, 0.25) is 5.02 Å². The Hall–Kier alpha value is -2.78. The number of carbonyl (C=O) groups is 2. The fourth-order valence-corrected chi connectivity index (χ4v) is 4.05. The molecule has 0 radical (unpaired) electrons. The molecule has 0 spiro atoms. The molecule has 1 saturated heterocycles. The van der Waals surface area contributed by atoms with Gasteiger partial charge >= 0.3 is 6.18 Å². The lowest BCUT2D eigenvalue weighted by Gasteiger charge is -2.14. The van der Waals surface area contributed by atoms with Crippen molar-refractivity contribution in [2.75, 3.05) is 0 Å². The number of nitrogens with zero attached hydrogens (tertiary/aromatic N) is 1. The number of amides is 2. The van der Waals surface area contributed by atoms with E-state index in [1.807, 2.05) is 0 Å². The molecule has 29 heavy (non-hydrogen) atoms. The lowest BCUT2D eigenvalue weighted by Crippen LogP contribution is -2.18. The van der Waals surface area contributed by atoms with E-state index in [0.29, 0.717) is 16.7 Å². The molecule has 2 amide bonds. The number of aromatic nitrogens is 2. The van der Waals surface area contributed by atoms with Crippen molar-refractivity contribution in [1.82, 2.24) is 15.5 Å². The summed E-state index contributed by atoms with van der Waals surface area (Å²) in [7, 11) is 0. The van der Waals surface area contributed by atoms with Crippen molar-refractivity contribution in [3.63, 3.8) is 0 Å². The Morgan fingerprint density at radius 3 is 2.59 bits per heavy atom. The first-order valence-corrected chi connectivity index (χ1v) is 9.47. The van der Waals surface area contributed by atoms with Crippen molar-refractivity contribution < 1.29 is 22.8 Å². The van der Waals surface area contributed by atoms with Gasteiger partial charge in [-0.3, -0.25) is 20.0 Å². The number of hydrogen-bond donors (Lipinski definition) is 2. The Kier molecular flexibility index (Phi) is 4.87. The largest absolute Gasteiger partial charge is 0.416 e. The summed E-state index contributed by atoms with van der Waals surface area (Å²) in [6.07, 6.45) is -2.83. The summed E-state index contributed by atoms with van der Waals surface area (Å²) >= 11 is 6.85. The zero-order valence-corrected chi connectivity index (χ0v) is 16.0. The van der Waals surface area contributed by atoms with E-state index in [4.69, 9.17) is 11.6 Å². The molecule has 1 fully saturated rings. The van der Waals surface area contributed by atoms with Gasteiger partial charge in [0.2, 0.25) is 0 Å². The number of rotatable bonds is 3. The molecule has 2 heterocycles. The molecule has 148 valence electrons. The molecule has 0 saturated carbocycles. The minimum atomic E-state index is -4.51. The maximum atomic E-state index is 12.9. The molecule has 1 aliphatic heterocycles. The van der Waals surface area contributed by atoms with Crippen molar-refractivity contribution >= 4 is 51.0 Å².